The highest BCUT2D eigenvalue weighted by Gasteiger charge is 2.23. The molecule has 0 saturated heterocycles. The van der Waals surface area contributed by atoms with Crippen molar-refractivity contribution in [2.24, 2.45) is 0 Å². The predicted molar refractivity (Wildman–Crippen MR) is 116 cm³/mol. The SMILES string of the molecule is Cc1ccc(-c2c(/C=C(\C#N)C(=O)N(C)C)n(CCCO)c3ncnc(N)c23)cc1. The number of carbonyl (C=O) groups excluding carboxylic acids is 1. The van der Waals surface area contributed by atoms with E-state index in [-0.39, 0.29) is 12.2 Å². The zero-order valence-electron chi connectivity index (χ0n) is 17.3. The van der Waals surface area contributed by atoms with Crippen LogP contribution in [0, 0.1) is 18.3 Å². The molecule has 0 aliphatic carbocycles. The molecule has 0 radical (unpaired) electrons. The molecule has 8 nitrogen and oxygen atoms in total. The number of nitrogen functional groups attached to an aromatic ring is 1. The Kier molecular flexibility index (Phi) is 6.14. The summed E-state index contributed by atoms with van der Waals surface area (Å²) in [7, 11) is 3.19. The number of aliphatic hydroxyl groups is 1. The molecule has 0 fully saturated rings. The molecule has 0 saturated carbocycles. The summed E-state index contributed by atoms with van der Waals surface area (Å²) in [5.74, 6) is -0.0872. The van der Waals surface area contributed by atoms with Crippen LogP contribution in [0.4, 0.5) is 5.82 Å². The van der Waals surface area contributed by atoms with E-state index in [4.69, 9.17) is 5.73 Å². The molecule has 30 heavy (non-hydrogen) atoms. The number of benzene rings is 1. The number of nitrogens with two attached hydrogens (primary N) is 1. The predicted octanol–water partition coefficient (Wildman–Crippen LogP) is 2.37. The molecule has 1 amide bonds. The van der Waals surface area contributed by atoms with Gasteiger partial charge >= 0.3 is 0 Å². The molecule has 154 valence electrons. The molecule has 1 aromatic carbocycles. The molecule has 2 heterocycles. The summed E-state index contributed by atoms with van der Waals surface area (Å²) < 4.78 is 1.87. The van der Waals surface area contributed by atoms with E-state index in [9.17, 15) is 15.2 Å². The minimum absolute atomic E-state index is 0.00653. The fraction of sp³-hybridized carbons (Fsp3) is 0.273. The number of anilines is 1. The average Bonchev–Trinajstić information content (AvgIpc) is 3.04. The normalized spacial score (nSPS) is 11.5. The molecule has 3 aromatic rings. The molecule has 0 aliphatic rings. The van der Waals surface area contributed by atoms with E-state index in [0.717, 1.165) is 16.7 Å². The van der Waals surface area contributed by atoms with Crippen molar-refractivity contribution < 1.29 is 9.90 Å². The van der Waals surface area contributed by atoms with Gasteiger partial charge in [-0.1, -0.05) is 29.8 Å². The molecule has 3 N–H and O–H groups in total. The number of likely N-dealkylation sites (N-methyl/N-ethyl adjacent to an activating group) is 1. The van der Waals surface area contributed by atoms with Gasteiger partial charge in [0.15, 0.2) is 0 Å². The van der Waals surface area contributed by atoms with E-state index >= 15 is 0 Å². The Balaban J connectivity index is 2.42. The first-order valence-electron chi connectivity index (χ1n) is 9.53. The standard InChI is InChI=1S/C22H24N6O2/c1-14-5-7-15(8-6-14)18-17(11-16(12-23)22(30)27(2)3)28(9-4-10-29)21-19(18)20(24)25-13-26-21/h5-8,11,13,29H,4,9-10H2,1-3H3,(H2,24,25,26)/b16-11+. The lowest BCUT2D eigenvalue weighted by molar-refractivity contribution is -0.124. The molecular weight excluding hydrogens is 380 g/mol. The number of nitriles is 1. The third-order valence-corrected chi connectivity index (χ3v) is 4.83. The number of aliphatic hydroxyl groups excluding tert-OH is 1. The van der Waals surface area contributed by atoms with E-state index < -0.39 is 5.91 Å². The van der Waals surface area contributed by atoms with Crippen LogP contribution in [0.25, 0.3) is 28.2 Å². The maximum absolute atomic E-state index is 12.5. The summed E-state index contributed by atoms with van der Waals surface area (Å²) in [5, 5.41) is 19.7. The van der Waals surface area contributed by atoms with Crippen LogP contribution in [0.15, 0.2) is 36.2 Å². The first kappa shape index (κ1) is 21.0. The minimum atomic E-state index is -0.398. The van der Waals surface area contributed by atoms with Gasteiger partial charge in [0.1, 0.15) is 29.4 Å². The molecular formula is C22H24N6O2. The lowest BCUT2D eigenvalue weighted by atomic mass is 10.00. The summed E-state index contributed by atoms with van der Waals surface area (Å²) >= 11 is 0. The maximum Gasteiger partial charge on any atom is 0.264 e. The Bertz CT molecular complexity index is 1150. The third-order valence-electron chi connectivity index (χ3n) is 4.83. The third kappa shape index (κ3) is 3.88. The van der Waals surface area contributed by atoms with E-state index in [2.05, 4.69) is 9.97 Å². The Morgan fingerprint density at radius 2 is 2.00 bits per heavy atom. The number of aryl methyl sites for hydroxylation is 2. The van der Waals surface area contributed by atoms with Gasteiger partial charge < -0.3 is 20.3 Å². The monoisotopic (exact) mass is 404 g/mol. The van der Waals surface area contributed by atoms with Gasteiger partial charge in [-0.3, -0.25) is 4.79 Å². The summed E-state index contributed by atoms with van der Waals surface area (Å²) in [6, 6.07) is 9.89. The highest BCUT2D eigenvalue weighted by atomic mass is 16.3. The van der Waals surface area contributed by atoms with Gasteiger partial charge in [-0.15, -0.1) is 0 Å². The lowest BCUT2D eigenvalue weighted by Gasteiger charge is -2.12. The Morgan fingerprint density at radius 3 is 2.60 bits per heavy atom. The minimum Gasteiger partial charge on any atom is -0.396 e. The van der Waals surface area contributed by atoms with Gasteiger partial charge in [0.25, 0.3) is 5.91 Å². The van der Waals surface area contributed by atoms with Crippen molar-refractivity contribution in [3.63, 3.8) is 0 Å². The van der Waals surface area contributed by atoms with Crippen molar-refractivity contribution in [1.29, 1.82) is 5.26 Å². The van der Waals surface area contributed by atoms with Gasteiger partial charge in [0.2, 0.25) is 0 Å². The van der Waals surface area contributed by atoms with Crippen LogP contribution in [0.1, 0.15) is 17.7 Å². The van der Waals surface area contributed by atoms with Gasteiger partial charge in [0, 0.05) is 32.8 Å². The first-order valence-corrected chi connectivity index (χ1v) is 9.53. The van der Waals surface area contributed by atoms with Crippen LogP contribution in [0.2, 0.25) is 0 Å². The first-order chi connectivity index (χ1) is 14.4. The molecule has 0 aliphatic heterocycles. The zero-order chi connectivity index (χ0) is 21.8. The number of fused-ring (bicyclic) bond motifs is 1. The van der Waals surface area contributed by atoms with E-state index in [1.807, 2.05) is 41.8 Å². The van der Waals surface area contributed by atoms with Gasteiger partial charge in [-0.2, -0.15) is 5.26 Å². The van der Waals surface area contributed by atoms with Crippen LogP contribution in [-0.2, 0) is 11.3 Å². The zero-order valence-corrected chi connectivity index (χ0v) is 17.3. The summed E-state index contributed by atoms with van der Waals surface area (Å²) in [4.78, 5) is 22.4. The number of rotatable bonds is 6. The van der Waals surface area contributed by atoms with Crippen molar-refractivity contribution in [3.05, 3.63) is 47.4 Å². The summed E-state index contributed by atoms with van der Waals surface area (Å²) in [6.45, 7) is 2.43. The van der Waals surface area contributed by atoms with Gasteiger partial charge in [-0.25, -0.2) is 9.97 Å². The van der Waals surface area contributed by atoms with Crippen molar-refractivity contribution in [3.8, 4) is 17.2 Å². The van der Waals surface area contributed by atoms with Crippen LogP contribution in [0.3, 0.4) is 0 Å². The number of hydrogen-bond acceptors (Lipinski definition) is 6. The van der Waals surface area contributed by atoms with Gasteiger partial charge in [0.05, 0.1) is 11.1 Å². The topological polar surface area (TPSA) is 121 Å². The van der Waals surface area contributed by atoms with Crippen LogP contribution >= 0.6 is 0 Å². The molecule has 8 heteroatoms. The smallest absolute Gasteiger partial charge is 0.264 e. The quantitative estimate of drug-likeness (QED) is 0.480. The van der Waals surface area contributed by atoms with Crippen molar-refractivity contribution in [1.82, 2.24) is 19.4 Å². The fourth-order valence-electron chi connectivity index (χ4n) is 3.35. The van der Waals surface area contributed by atoms with Crippen molar-refractivity contribution >= 4 is 28.8 Å². The van der Waals surface area contributed by atoms with E-state index in [1.165, 1.54) is 11.2 Å². The second-order valence-electron chi connectivity index (χ2n) is 7.18. The molecule has 0 bridgehead atoms. The number of hydrogen-bond donors (Lipinski definition) is 2. The second-order valence-corrected chi connectivity index (χ2v) is 7.18. The summed E-state index contributed by atoms with van der Waals surface area (Å²) in [6.07, 6.45) is 3.43. The van der Waals surface area contributed by atoms with E-state index in [1.54, 1.807) is 20.2 Å². The maximum atomic E-state index is 12.5. The fourth-order valence-corrected chi connectivity index (χ4v) is 3.35. The van der Waals surface area contributed by atoms with E-state index in [0.29, 0.717) is 35.5 Å². The Labute approximate surface area is 174 Å². The summed E-state index contributed by atoms with van der Waals surface area (Å²) in [5.41, 5.74) is 10.2. The molecule has 0 atom stereocenters. The molecule has 3 rings (SSSR count). The Morgan fingerprint density at radius 1 is 1.30 bits per heavy atom. The number of amides is 1. The highest BCUT2D eigenvalue weighted by Crippen LogP contribution is 2.38. The molecule has 0 spiro atoms. The van der Waals surface area contributed by atoms with Crippen molar-refractivity contribution in [2.75, 3.05) is 26.4 Å². The molecule has 0 unspecified atom stereocenters. The second kappa shape index (κ2) is 8.76. The van der Waals surface area contributed by atoms with Crippen LogP contribution in [-0.4, -0.2) is 51.2 Å². The number of carbonyl (C=O) groups is 1. The highest BCUT2D eigenvalue weighted by molar-refractivity contribution is 6.08. The number of aromatic nitrogens is 3. The van der Waals surface area contributed by atoms with Gasteiger partial charge in [-0.05, 0) is 25.0 Å². The van der Waals surface area contributed by atoms with Crippen LogP contribution < -0.4 is 5.73 Å². The molecule has 2 aromatic heterocycles. The largest absolute Gasteiger partial charge is 0.396 e. The van der Waals surface area contributed by atoms with Crippen LogP contribution in [0.5, 0.6) is 0 Å². The Hall–Kier alpha value is -3.70. The average molecular weight is 404 g/mol. The number of nitrogens with zero attached hydrogens (tertiary/aromatic N) is 5. The van der Waals surface area contributed by atoms with Crippen molar-refractivity contribution in [2.45, 2.75) is 19.9 Å². The lowest BCUT2D eigenvalue weighted by Crippen LogP contribution is -2.23.